The van der Waals surface area contributed by atoms with Crippen molar-refractivity contribution >= 4 is 35.3 Å². The van der Waals surface area contributed by atoms with Gasteiger partial charge < -0.3 is 10.6 Å². The van der Waals surface area contributed by atoms with E-state index in [0.717, 1.165) is 4.90 Å². The summed E-state index contributed by atoms with van der Waals surface area (Å²) >= 11 is 1.46. The van der Waals surface area contributed by atoms with Crippen molar-refractivity contribution in [3.05, 3.63) is 59.9 Å². The fourth-order valence-corrected chi connectivity index (χ4v) is 3.52. The maximum atomic E-state index is 12.9. The lowest BCUT2D eigenvalue weighted by molar-refractivity contribution is -0.123. The van der Waals surface area contributed by atoms with Gasteiger partial charge in [0.2, 0.25) is 5.91 Å². The number of hydrogen-bond donors (Lipinski definition) is 3. The standard InChI is InChI=1S/C19H18FN3O3S/c1-19(17(25)22-18(26)23-19)12-3-2-4-14(11-12)21-16(24)9-10-27-15-7-5-13(20)6-8-15/h2-8,11H,9-10H2,1H3,(H,21,24)(H2,22,23,25,26)/t19-/m0/s1. The first-order valence-electron chi connectivity index (χ1n) is 8.29. The average Bonchev–Trinajstić information content (AvgIpc) is 2.90. The predicted octanol–water partition coefficient (Wildman–Crippen LogP) is 3.00. The van der Waals surface area contributed by atoms with Crippen LogP contribution in [0.25, 0.3) is 0 Å². The van der Waals surface area contributed by atoms with Crippen LogP contribution in [0.4, 0.5) is 14.9 Å². The third kappa shape index (κ3) is 4.46. The highest BCUT2D eigenvalue weighted by atomic mass is 32.2. The second kappa shape index (κ2) is 7.79. The van der Waals surface area contributed by atoms with E-state index in [9.17, 15) is 18.8 Å². The topological polar surface area (TPSA) is 87.3 Å². The summed E-state index contributed by atoms with van der Waals surface area (Å²) in [5.74, 6) is -0.357. The molecule has 1 saturated heterocycles. The second-order valence-corrected chi connectivity index (χ2v) is 7.38. The van der Waals surface area contributed by atoms with E-state index in [1.807, 2.05) is 0 Å². The Bertz CT molecular complexity index is 888. The summed E-state index contributed by atoms with van der Waals surface area (Å²) in [5.41, 5.74) is -0.0558. The smallest absolute Gasteiger partial charge is 0.322 e. The van der Waals surface area contributed by atoms with Gasteiger partial charge in [0.1, 0.15) is 11.4 Å². The van der Waals surface area contributed by atoms with Gasteiger partial charge in [-0.15, -0.1) is 11.8 Å². The molecule has 6 nitrogen and oxygen atoms in total. The molecule has 3 N–H and O–H groups in total. The zero-order valence-corrected chi connectivity index (χ0v) is 15.4. The van der Waals surface area contributed by atoms with E-state index in [4.69, 9.17) is 0 Å². The molecule has 0 saturated carbocycles. The molecule has 8 heteroatoms. The van der Waals surface area contributed by atoms with E-state index in [-0.39, 0.29) is 18.1 Å². The van der Waals surface area contributed by atoms with E-state index in [0.29, 0.717) is 17.0 Å². The summed E-state index contributed by atoms with van der Waals surface area (Å²) in [6, 6.07) is 12.4. The Morgan fingerprint density at radius 1 is 1.19 bits per heavy atom. The Morgan fingerprint density at radius 3 is 2.59 bits per heavy atom. The maximum absolute atomic E-state index is 12.9. The lowest BCUT2D eigenvalue weighted by Gasteiger charge is -2.21. The van der Waals surface area contributed by atoms with Gasteiger partial charge in [-0.1, -0.05) is 12.1 Å². The van der Waals surface area contributed by atoms with Crippen LogP contribution in [0.1, 0.15) is 18.9 Å². The summed E-state index contributed by atoms with van der Waals surface area (Å²) in [5, 5.41) is 7.59. The fraction of sp³-hybridized carbons (Fsp3) is 0.211. The Hall–Kier alpha value is -2.87. The molecule has 1 heterocycles. The minimum Gasteiger partial charge on any atom is -0.326 e. The van der Waals surface area contributed by atoms with Crippen molar-refractivity contribution in [2.45, 2.75) is 23.8 Å². The van der Waals surface area contributed by atoms with Gasteiger partial charge in [-0.05, 0) is 48.9 Å². The van der Waals surface area contributed by atoms with Crippen molar-refractivity contribution in [2.75, 3.05) is 11.1 Å². The number of nitrogens with one attached hydrogen (secondary N) is 3. The van der Waals surface area contributed by atoms with Crippen LogP contribution in [0, 0.1) is 5.82 Å². The fourth-order valence-electron chi connectivity index (χ4n) is 2.67. The average molecular weight is 387 g/mol. The lowest BCUT2D eigenvalue weighted by atomic mass is 9.92. The number of anilines is 1. The molecule has 0 aliphatic carbocycles. The van der Waals surface area contributed by atoms with Gasteiger partial charge in [-0.3, -0.25) is 14.9 Å². The summed E-state index contributed by atoms with van der Waals surface area (Å²) in [6.45, 7) is 1.60. The van der Waals surface area contributed by atoms with Gasteiger partial charge in [0.05, 0.1) is 0 Å². The quantitative estimate of drug-likeness (QED) is 0.525. The first-order chi connectivity index (χ1) is 12.9. The normalized spacial score (nSPS) is 18.7. The molecule has 1 fully saturated rings. The van der Waals surface area contributed by atoms with Crippen LogP contribution in [-0.4, -0.2) is 23.6 Å². The highest BCUT2D eigenvalue weighted by Crippen LogP contribution is 2.26. The molecule has 1 atom stereocenters. The van der Waals surface area contributed by atoms with Gasteiger partial charge in [0, 0.05) is 22.8 Å². The highest BCUT2D eigenvalue weighted by Gasteiger charge is 2.43. The SMILES string of the molecule is C[C@@]1(c2cccc(NC(=O)CCSc3ccc(F)cc3)c2)NC(=O)NC1=O. The summed E-state index contributed by atoms with van der Waals surface area (Å²) in [4.78, 5) is 36.5. The van der Waals surface area contributed by atoms with Crippen LogP contribution < -0.4 is 16.0 Å². The van der Waals surface area contributed by atoms with Gasteiger partial charge in [0.25, 0.3) is 5.91 Å². The number of amides is 4. The molecule has 0 bridgehead atoms. The van der Waals surface area contributed by atoms with Crippen molar-refractivity contribution < 1.29 is 18.8 Å². The monoisotopic (exact) mass is 387 g/mol. The van der Waals surface area contributed by atoms with Crippen molar-refractivity contribution in [2.24, 2.45) is 0 Å². The van der Waals surface area contributed by atoms with Crippen LogP contribution in [0.5, 0.6) is 0 Å². The van der Waals surface area contributed by atoms with Crippen molar-refractivity contribution in [1.29, 1.82) is 0 Å². The molecule has 140 valence electrons. The molecule has 2 aromatic rings. The molecule has 0 spiro atoms. The first kappa shape index (κ1) is 18.9. The zero-order chi connectivity index (χ0) is 19.4. The third-order valence-electron chi connectivity index (χ3n) is 4.18. The van der Waals surface area contributed by atoms with E-state index < -0.39 is 17.5 Å². The Labute approximate surface area is 159 Å². The van der Waals surface area contributed by atoms with Crippen molar-refractivity contribution in [1.82, 2.24) is 10.6 Å². The number of urea groups is 1. The molecular weight excluding hydrogens is 369 g/mol. The predicted molar refractivity (Wildman–Crippen MR) is 101 cm³/mol. The van der Waals surface area contributed by atoms with Crippen molar-refractivity contribution in [3.63, 3.8) is 0 Å². The number of carbonyl (C=O) groups excluding carboxylic acids is 3. The Kier molecular flexibility index (Phi) is 5.46. The highest BCUT2D eigenvalue weighted by molar-refractivity contribution is 7.99. The number of rotatable bonds is 6. The molecule has 1 aliphatic rings. The first-order valence-corrected chi connectivity index (χ1v) is 9.28. The molecule has 2 aromatic carbocycles. The number of imide groups is 1. The molecule has 0 unspecified atom stereocenters. The lowest BCUT2D eigenvalue weighted by Crippen LogP contribution is -2.40. The number of hydrogen-bond acceptors (Lipinski definition) is 4. The van der Waals surface area contributed by atoms with Crippen LogP contribution in [0.2, 0.25) is 0 Å². The molecule has 1 aliphatic heterocycles. The van der Waals surface area contributed by atoms with E-state index in [2.05, 4.69) is 16.0 Å². The summed E-state index contributed by atoms with van der Waals surface area (Å²) in [6.07, 6.45) is 0.279. The zero-order valence-electron chi connectivity index (χ0n) is 14.5. The number of thioether (sulfide) groups is 1. The van der Waals surface area contributed by atoms with Crippen LogP contribution in [-0.2, 0) is 15.1 Å². The molecular formula is C19H18FN3O3S. The second-order valence-electron chi connectivity index (χ2n) is 6.21. The third-order valence-corrected chi connectivity index (χ3v) is 5.19. The minimum absolute atomic E-state index is 0.174. The Balaban J connectivity index is 1.57. The van der Waals surface area contributed by atoms with Gasteiger partial charge in [0.15, 0.2) is 0 Å². The van der Waals surface area contributed by atoms with Crippen molar-refractivity contribution in [3.8, 4) is 0 Å². The molecule has 27 heavy (non-hydrogen) atoms. The number of halogens is 1. The van der Waals surface area contributed by atoms with Crippen LogP contribution in [0.3, 0.4) is 0 Å². The van der Waals surface area contributed by atoms with E-state index >= 15 is 0 Å². The van der Waals surface area contributed by atoms with E-state index in [1.54, 1.807) is 43.3 Å². The largest absolute Gasteiger partial charge is 0.326 e. The van der Waals surface area contributed by atoms with Gasteiger partial charge in [-0.2, -0.15) is 0 Å². The summed E-state index contributed by atoms with van der Waals surface area (Å²) < 4.78 is 12.9. The minimum atomic E-state index is -1.17. The molecule has 0 aromatic heterocycles. The van der Waals surface area contributed by atoms with E-state index in [1.165, 1.54) is 23.9 Å². The van der Waals surface area contributed by atoms with Crippen LogP contribution >= 0.6 is 11.8 Å². The number of carbonyl (C=O) groups is 3. The van der Waals surface area contributed by atoms with Gasteiger partial charge in [-0.25, -0.2) is 9.18 Å². The van der Waals surface area contributed by atoms with Gasteiger partial charge >= 0.3 is 6.03 Å². The molecule has 4 amide bonds. The summed E-state index contributed by atoms with van der Waals surface area (Å²) in [7, 11) is 0. The van der Waals surface area contributed by atoms with Crippen LogP contribution in [0.15, 0.2) is 53.4 Å². The molecule has 0 radical (unpaired) electrons. The maximum Gasteiger partial charge on any atom is 0.322 e. The molecule has 3 rings (SSSR count). The number of benzene rings is 2. The Morgan fingerprint density at radius 2 is 1.93 bits per heavy atom.